The lowest BCUT2D eigenvalue weighted by molar-refractivity contribution is -0.155. The molecule has 206 valence electrons. The summed E-state index contributed by atoms with van der Waals surface area (Å²) in [6.45, 7) is 2.16. The topological polar surface area (TPSA) is 55.8 Å². The summed E-state index contributed by atoms with van der Waals surface area (Å²) in [4.78, 5) is 27.4. The fourth-order valence-corrected chi connectivity index (χ4v) is 6.80. The first-order chi connectivity index (χ1) is 18.1. The summed E-state index contributed by atoms with van der Waals surface area (Å²) in [6.07, 6.45) is 2.72. The first kappa shape index (κ1) is 26.8. The number of halogens is 3. The zero-order valence-electron chi connectivity index (χ0n) is 22.1. The number of ether oxygens (including phenoxy) is 2. The van der Waals surface area contributed by atoms with E-state index in [2.05, 4.69) is 6.92 Å². The molecule has 2 aromatic carbocycles. The van der Waals surface area contributed by atoms with Gasteiger partial charge in [-0.15, -0.1) is 0 Å². The zero-order valence-corrected chi connectivity index (χ0v) is 22.1. The number of carbonyl (C=O) groups excluding carboxylic acids is 2. The lowest BCUT2D eigenvalue weighted by atomic mass is 9.78. The first-order valence-electron chi connectivity index (χ1n) is 13.8. The molecule has 2 atom stereocenters. The molecule has 3 aliphatic rings. The van der Waals surface area contributed by atoms with Crippen LogP contribution in [-0.4, -0.2) is 42.1 Å². The summed E-state index contributed by atoms with van der Waals surface area (Å²) >= 11 is 0. The minimum atomic E-state index is -4.56. The number of piperidine rings is 2. The number of hydrogen-bond donors (Lipinski definition) is 0. The van der Waals surface area contributed by atoms with Gasteiger partial charge < -0.3 is 14.4 Å². The van der Waals surface area contributed by atoms with Crippen LogP contribution in [0.2, 0.25) is 0 Å². The van der Waals surface area contributed by atoms with E-state index in [1.165, 1.54) is 19.2 Å². The molecule has 8 heteroatoms. The van der Waals surface area contributed by atoms with Crippen molar-refractivity contribution in [3.8, 4) is 5.75 Å². The van der Waals surface area contributed by atoms with Gasteiger partial charge in [-0.05, 0) is 86.1 Å². The Balaban J connectivity index is 1.36. The number of carbonyl (C=O) groups is 2. The molecule has 2 aromatic rings. The molecule has 5 nitrogen and oxygen atoms in total. The van der Waals surface area contributed by atoms with E-state index in [-0.39, 0.29) is 53.5 Å². The number of hydrogen-bond acceptors (Lipinski definition) is 4. The van der Waals surface area contributed by atoms with Crippen LogP contribution in [0.25, 0.3) is 10.8 Å². The number of nitrogens with zero attached hydrogens (tertiary/aromatic N) is 1. The lowest BCUT2D eigenvalue weighted by Gasteiger charge is -2.48. The third-order valence-corrected chi connectivity index (χ3v) is 8.74. The third-order valence-electron chi connectivity index (χ3n) is 8.74. The van der Waals surface area contributed by atoms with Crippen molar-refractivity contribution < 1.29 is 32.2 Å². The van der Waals surface area contributed by atoms with Crippen LogP contribution in [0.5, 0.6) is 5.75 Å². The van der Waals surface area contributed by atoms with Gasteiger partial charge in [-0.25, -0.2) is 0 Å². The molecular weight excluding hydrogens is 495 g/mol. The average molecular weight is 532 g/mol. The van der Waals surface area contributed by atoms with Crippen molar-refractivity contribution in [1.82, 2.24) is 4.90 Å². The molecule has 2 heterocycles. The fourth-order valence-electron chi connectivity index (χ4n) is 6.80. The average Bonchev–Trinajstić information content (AvgIpc) is 2.87. The van der Waals surface area contributed by atoms with Crippen LogP contribution in [0.15, 0.2) is 30.3 Å². The van der Waals surface area contributed by atoms with Gasteiger partial charge in [0.1, 0.15) is 11.3 Å². The second kappa shape index (κ2) is 10.8. The normalized spacial score (nSPS) is 27.7. The van der Waals surface area contributed by atoms with Gasteiger partial charge in [0.2, 0.25) is 5.91 Å². The van der Waals surface area contributed by atoms with Gasteiger partial charge in [0, 0.05) is 12.1 Å². The zero-order chi connectivity index (χ0) is 27.0. The molecule has 0 radical (unpaired) electrons. The van der Waals surface area contributed by atoms with Gasteiger partial charge in [-0.1, -0.05) is 31.2 Å². The summed E-state index contributed by atoms with van der Waals surface area (Å²) in [7, 11) is 1.39. The van der Waals surface area contributed by atoms with Gasteiger partial charge in [-0.2, -0.15) is 13.2 Å². The van der Waals surface area contributed by atoms with Gasteiger partial charge >= 0.3 is 12.1 Å². The molecule has 0 N–H and O–H groups in total. The van der Waals surface area contributed by atoms with E-state index >= 15 is 0 Å². The van der Waals surface area contributed by atoms with Crippen LogP contribution >= 0.6 is 0 Å². The number of methoxy groups -OCH3 is 1. The van der Waals surface area contributed by atoms with Gasteiger partial charge in [0.05, 0.1) is 25.6 Å². The van der Waals surface area contributed by atoms with Crippen molar-refractivity contribution >= 4 is 22.6 Å². The number of amides is 1. The standard InChI is InChI=1S/C30H36F3NO4/c1-18-6-10-24(11-7-18)38-26-13-9-20-14-19(8-12-25(20)28(26)30(31,32)33)15-27(35)34-22-4-3-5-23(34)17-21(16-22)29(36)37-2/h8-9,12-14,18,21-24H,3-7,10-11,15-17H2,1-2H3/t18-,21?,22?,23?,24+. The Kier molecular flexibility index (Phi) is 7.60. The van der Waals surface area contributed by atoms with Crippen LogP contribution in [0.3, 0.4) is 0 Å². The highest BCUT2D eigenvalue weighted by atomic mass is 19.4. The molecule has 2 unspecified atom stereocenters. The molecule has 1 aliphatic carbocycles. The number of benzene rings is 2. The number of fused-ring (bicyclic) bond motifs is 3. The Morgan fingerprint density at radius 2 is 1.66 bits per heavy atom. The summed E-state index contributed by atoms with van der Waals surface area (Å²) in [5.74, 6) is 0.0210. The van der Waals surface area contributed by atoms with Crippen molar-refractivity contribution in [2.75, 3.05) is 7.11 Å². The Morgan fingerprint density at radius 3 is 2.29 bits per heavy atom. The minimum absolute atomic E-state index is 0.00105. The molecule has 0 aromatic heterocycles. The van der Waals surface area contributed by atoms with E-state index in [0.29, 0.717) is 29.7 Å². The lowest BCUT2D eigenvalue weighted by Crippen LogP contribution is -2.56. The van der Waals surface area contributed by atoms with Crippen molar-refractivity contribution in [2.45, 2.75) is 95.5 Å². The van der Waals surface area contributed by atoms with E-state index in [1.54, 1.807) is 18.2 Å². The van der Waals surface area contributed by atoms with Gasteiger partial charge in [-0.3, -0.25) is 9.59 Å². The van der Waals surface area contributed by atoms with Crippen molar-refractivity contribution in [2.24, 2.45) is 11.8 Å². The number of esters is 1. The molecule has 5 rings (SSSR count). The quantitative estimate of drug-likeness (QED) is 0.404. The third kappa shape index (κ3) is 5.50. The second-order valence-electron chi connectivity index (χ2n) is 11.4. The van der Waals surface area contributed by atoms with E-state index in [9.17, 15) is 22.8 Å². The monoisotopic (exact) mass is 531 g/mol. The highest BCUT2D eigenvalue weighted by Gasteiger charge is 2.43. The highest BCUT2D eigenvalue weighted by molar-refractivity contribution is 5.90. The van der Waals surface area contributed by atoms with Crippen LogP contribution in [0.4, 0.5) is 13.2 Å². The molecule has 38 heavy (non-hydrogen) atoms. The van der Waals surface area contributed by atoms with Crippen LogP contribution < -0.4 is 4.74 Å². The molecule has 1 amide bonds. The molecule has 0 spiro atoms. The Bertz CT molecular complexity index is 1170. The predicted molar refractivity (Wildman–Crippen MR) is 138 cm³/mol. The van der Waals surface area contributed by atoms with Crippen molar-refractivity contribution in [1.29, 1.82) is 0 Å². The van der Waals surface area contributed by atoms with E-state index in [0.717, 1.165) is 44.9 Å². The Labute approximate surface area is 221 Å². The van der Waals surface area contributed by atoms with Gasteiger partial charge in [0.25, 0.3) is 0 Å². The summed E-state index contributed by atoms with van der Waals surface area (Å²) in [5.41, 5.74) is -0.0651. The summed E-state index contributed by atoms with van der Waals surface area (Å²) in [6, 6.07) is 7.87. The predicted octanol–water partition coefficient (Wildman–Crippen LogP) is 6.69. The molecule has 1 saturated carbocycles. The molecule has 2 saturated heterocycles. The van der Waals surface area contributed by atoms with Crippen LogP contribution in [0, 0.1) is 11.8 Å². The summed E-state index contributed by atoms with van der Waals surface area (Å²) in [5, 5.41) is 0.531. The highest BCUT2D eigenvalue weighted by Crippen LogP contribution is 2.43. The molecule has 2 aliphatic heterocycles. The van der Waals surface area contributed by atoms with E-state index in [4.69, 9.17) is 9.47 Å². The maximum atomic E-state index is 14.2. The smallest absolute Gasteiger partial charge is 0.420 e. The Hall–Kier alpha value is -2.77. The SMILES string of the molecule is COC(=O)C1CC2CCCC(C1)N2C(=O)Cc1ccc2c(C(F)(F)F)c(O[C@H]3CC[C@@H](C)CC3)ccc2c1. The largest absolute Gasteiger partial charge is 0.490 e. The molecule has 3 fully saturated rings. The Morgan fingerprint density at radius 1 is 0.974 bits per heavy atom. The fraction of sp³-hybridized carbons (Fsp3) is 0.600. The van der Waals surface area contributed by atoms with Crippen LogP contribution in [-0.2, 0) is 26.9 Å². The second-order valence-corrected chi connectivity index (χ2v) is 11.4. The van der Waals surface area contributed by atoms with Crippen LogP contribution in [0.1, 0.15) is 75.8 Å². The van der Waals surface area contributed by atoms with Crippen molar-refractivity contribution in [3.63, 3.8) is 0 Å². The first-order valence-corrected chi connectivity index (χ1v) is 13.8. The maximum Gasteiger partial charge on any atom is 0.420 e. The molecule has 2 bridgehead atoms. The van der Waals surface area contributed by atoms with Crippen molar-refractivity contribution in [3.05, 3.63) is 41.5 Å². The number of rotatable bonds is 5. The minimum Gasteiger partial charge on any atom is -0.490 e. The number of alkyl halides is 3. The molecular formula is C30H36F3NO4. The van der Waals surface area contributed by atoms with E-state index < -0.39 is 11.7 Å². The maximum absolute atomic E-state index is 14.2. The summed E-state index contributed by atoms with van der Waals surface area (Å²) < 4.78 is 53.5. The van der Waals surface area contributed by atoms with Gasteiger partial charge in [0.15, 0.2) is 0 Å². The van der Waals surface area contributed by atoms with E-state index in [1.807, 2.05) is 4.90 Å².